The highest BCUT2D eigenvalue weighted by molar-refractivity contribution is 5.79. The molecule has 1 saturated heterocycles. The van der Waals surface area contributed by atoms with Crippen molar-refractivity contribution in [2.75, 3.05) is 32.8 Å². The van der Waals surface area contributed by atoms with Gasteiger partial charge in [0.15, 0.2) is 0 Å². The number of carbonyl (C=O) groups is 3. The first-order valence-corrected chi connectivity index (χ1v) is 8.00. The number of carboxylic acids is 1. The van der Waals surface area contributed by atoms with Crippen molar-refractivity contribution in [3.05, 3.63) is 35.9 Å². The number of carbonyl (C=O) groups excluding carboxylic acids is 2. The van der Waals surface area contributed by atoms with E-state index in [9.17, 15) is 14.4 Å². The van der Waals surface area contributed by atoms with E-state index in [1.54, 1.807) is 0 Å². The summed E-state index contributed by atoms with van der Waals surface area (Å²) in [5, 5.41) is 8.86. The average Bonchev–Trinajstić information content (AvgIpc) is 2.60. The lowest BCUT2D eigenvalue weighted by atomic mass is 10.2. The zero-order chi connectivity index (χ0) is 18.2. The van der Waals surface area contributed by atoms with Crippen LogP contribution in [0.25, 0.3) is 0 Å². The highest BCUT2D eigenvalue weighted by Gasteiger charge is 2.28. The molecular weight excluding hydrogens is 328 g/mol. The van der Waals surface area contributed by atoms with Gasteiger partial charge in [0.05, 0.1) is 19.3 Å². The Morgan fingerprint density at radius 1 is 1.32 bits per heavy atom. The van der Waals surface area contributed by atoms with Gasteiger partial charge < -0.3 is 24.4 Å². The summed E-state index contributed by atoms with van der Waals surface area (Å²) in [7, 11) is 0. The van der Waals surface area contributed by atoms with Gasteiger partial charge in [-0.15, -0.1) is 0 Å². The summed E-state index contributed by atoms with van der Waals surface area (Å²) in [5.74, 6) is -1.44. The van der Waals surface area contributed by atoms with Crippen LogP contribution < -0.4 is 0 Å². The predicted octanol–water partition coefficient (Wildman–Crippen LogP) is 0.957. The fourth-order valence-corrected chi connectivity index (χ4v) is 2.52. The summed E-state index contributed by atoms with van der Waals surface area (Å²) < 4.78 is 10.8. The van der Waals surface area contributed by atoms with Gasteiger partial charge >= 0.3 is 12.1 Å². The molecule has 1 aliphatic heterocycles. The third kappa shape index (κ3) is 6.07. The molecule has 0 spiro atoms. The van der Waals surface area contributed by atoms with Crippen LogP contribution in [0.15, 0.2) is 30.3 Å². The fourth-order valence-electron chi connectivity index (χ4n) is 2.52. The first-order valence-electron chi connectivity index (χ1n) is 8.00. The molecule has 136 valence electrons. The average molecular weight is 350 g/mol. The highest BCUT2D eigenvalue weighted by Crippen LogP contribution is 2.10. The maximum Gasteiger partial charge on any atom is 0.410 e. The monoisotopic (exact) mass is 350 g/mol. The smallest absolute Gasteiger partial charge is 0.410 e. The summed E-state index contributed by atoms with van der Waals surface area (Å²) in [4.78, 5) is 37.2. The number of nitrogens with zero attached hydrogens (tertiary/aromatic N) is 2. The van der Waals surface area contributed by atoms with Crippen LogP contribution in [-0.4, -0.2) is 71.8 Å². The second-order valence-electron chi connectivity index (χ2n) is 5.77. The normalized spacial score (nSPS) is 17.0. The molecule has 0 saturated carbocycles. The number of ether oxygens (including phenoxy) is 2. The van der Waals surface area contributed by atoms with Crippen LogP contribution in [0.1, 0.15) is 12.5 Å². The van der Waals surface area contributed by atoms with E-state index >= 15 is 0 Å². The Hall–Kier alpha value is -2.61. The van der Waals surface area contributed by atoms with Gasteiger partial charge in [-0.2, -0.15) is 0 Å². The van der Waals surface area contributed by atoms with E-state index in [1.165, 1.54) is 16.7 Å². The number of rotatable bonds is 6. The van der Waals surface area contributed by atoms with E-state index in [2.05, 4.69) is 0 Å². The first kappa shape index (κ1) is 18.7. The third-order valence-electron chi connectivity index (χ3n) is 3.80. The fraction of sp³-hybridized carbons (Fsp3) is 0.471. The van der Waals surface area contributed by atoms with Crippen LogP contribution in [0.4, 0.5) is 4.79 Å². The lowest BCUT2D eigenvalue weighted by Gasteiger charge is -2.34. The van der Waals surface area contributed by atoms with Crippen LogP contribution in [0.3, 0.4) is 0 Å². The Bertz CT molecular complexity index is 606. The quantitative estimate of drug-likeness (QED) is 0.821. The summed E-state index contributed by atoms with van der Waals surface area (Å²) in [6.07, 6.45) is -0.897. The summed E-state index contributed by atoms with van der Waals surface area (Å²) in [6, 6.07) is 9.35. The summed E-state index contributed by atoms with van der Waals surface area (Å²) >= 11 is 0. The Kier molecular flexibility index (Phi) is 6.76. The van der Waals surface area contributed by atoms with Gasteiger partial charge in [-0.3, -0.25) is 9.59 Å². The molecule has 1 N–H and O–H groups in total. The lowest BCUT2D eigenvalue weighted by molar-refractivity contribution is -0.145. The van der Waals surface area contributed by atoms with E-state index in [1.807, 2.05) is 30.3 Å². The van der Waals surface area contributed by atoms with Crippen molar-refractivity contribution in [3.8, 4) is 0 Å². The third-order valence-corrected chi connectivity index (χ3v) is 3.80. The maximum atomic E-state index is 12.2. The van der Waals surface area contributed by atoms with Gasteiger partial charge in [0.2, 0.25) is 5.91 Å². The molecule has 0 aromatic heterocycles. The molecule has 1 heterocycles. The number of aliphatic carboxylic acids is 1. The molecule has 1 aliphatic rings. The van der Waals surface area contributed by atoms with Crippen LogP contribution in [0.5, 0.6) is 0 Å². The van der Waals surface area contributed by atoms with Crippen LogP contribution >= 0.6 is 0 Å². The van der Waals surface area contributed by atoms with Gasteiger partial charge in [-0.25, -0.2) is 4.79 Å². The van der Waals surface area contributed by atoms with Crippen LogP contribution in [0, 0.1) is 0 Å². The molecule has 25 heavy (non-hydrogen) atoms. The van der Waals surface area contributed by atoms with Crippen LogP contribution in [0.2, 0.25) is 0 Å². The highest BCUT2D eigenvalue weighted by atomic mass is 16.6. The molecule has 2 amide bonds. The van der Waals surface area contributed by atoms with Gasteiger partial charge in [-0.1, -0.05) is 30.3 Å². The van der Waals surface area contributed by atoms with Crippen molar-refractivity contribution in [3.63, 3.8) is 0 Å². The largest absolute Gasteiger partial charge is 0.480 e. The van der Waals surface area contributed by atoms with Gasteiger partial charge in [0.25, 0.3) is 0 Å². The zero-order valence-corrected chi connectivity index (χ0v) is 14.1. The molecule has 8 heteroatoms. The number of amides is 2. The SMILES string of the molecule is CC(=O)N(CC(=O)O)CC1CN(C(=O)OCc2ccccc2)CCO1. The van der Waals surface area contributed by atoms with Gasteiger partial charge in [-0.05, 0) is 5.56 Å². The second kappa shape index (κ2) is 9.03. The Labute approximate surface area is 145 Å². The molecule has 2 rings (SSSR count). The minimum Gasteiger partial charge on any atom is -0.480 e. The summed E-state index contributed by atoms with van der Waals surface area (Å²) in [6.45, 7) is 2.15. The van der Waals surface area contributed by atoms with Crippen molar-refractivity contribution in [1.29, 1.82) is 0 Å². The molecule has 1 unspecified atom stereocenters. The second-order valence-corrected chi connectivity index (χ2v) is 5.77. The lowest BCUT2D eigenvalue weighted by Crippen LogP contribution is -2.51. The first-order chi connectivity index (χ1) is 12.0. The molecule has 1 atom stereocenters. The van der Waals surface area contributed by atoms with E-state index in [0.29, 0.717) is 13.2 Å². The van der Waals surface area contributed by atoms with Crippen molar-refractivity contribution in [1.82, 2.24) is 9.80 Å². The number of morpholine rings is 1. The molecule has 1 aromatic carbocycles. The molecular formula is C17H22N2O6. The molecule has 0 aliphatic carbocycles. The standard InChI is InChI=1S/C17H22N2O6/c1-13(20)19(11-16(21)22)10-15-9-18(7-8-24-15)17(23)25-12-14-5-3-2-4-6-14/h2-6,15H,7-12H2,1H3,(H,21,22). The molecule has 1 aromatic rings. The maximum absolute atomic E-state index is 12.2. The molecule has 0 radical (unpaired) electrons. The van der Waals surface area contributed by atoms with E-state index in [-0.39, 0.29) is 25.6 Å². The number of hydrogen-bond donors (Lipinski definition) is 1. The van der Waals surface area contributed by atoms with Gasteiger partial charge in [0, 0.05) is 20.0 Å². The summed E-state index contributed by atoms with van der Waals surface area (Å²) in [5.41, 5.74) is 0.893. The van der Waals surface area contributed by atoms with Crippen LogP contribution in [-0.2, 0) is 25.7 Å². The van der Waals surface area contributed by atoms with Crippen molar-refractivity contribution < 1.29 is 29.0 Å². The van der Waals surface area contributed by atoms with Crippen molar-refractivity contribution in [2.45, 2.75) is 19.6 Å². The predicted molar refractivity (Wildman–Crippen MR) is 87.8 cm³/mol. The Morgan fingerprint density at radius 3 is 2.68 bits per heavy atom. The Morgan fingerprint density at radius 2 is 2.04 bits per heavy atom. The number of benzene rings is 1. The number of carboxylic acid groups (broad SMARTS) is 1. The minimum absolute atomic E-state index is 0.115. The van der Waals surface area contributed by atoms with Crippen molar-refractivity contribution in [2.24, 2.45) is 0 Å². The van der Waals surface area contributed by atoms with E-state index in [0.717, 1.165) is 5.56 Å². The zero-order valence-electron chi connectivity index (χ0n) is 14.1. The topological polar surface area (TPSA) is 96.4 Å². The molecule has 0 bridgehead atoms. The van der Waals surface area contributed by atoms with Gasteiger partial charge in [0.1, 0.15) is 13.2 Å². The van der Waals surface area contributed by atoms with E-state index in [4.69, 9.17) is 14.6 Å². The molecule has 8 nitrogen and oxygen atoms in total. The molecule has 1 fully saturated rings. The minimum atomic E-state index is -1.09. The van der Waals surface area contributed by atoms with Crippen molar-refractivity contribution >= 4 is 18.0 Å². The number of hydrogen-bond acceptors (Lipinski definition) is 5. The van der Waals surface area contributed by atoms with E-state index < -0.39 is 24.7 Å². The Balaban J connectivity index is 1.85.